The molecule has 3 aromatic rings. The maximum Gasteiger partial charge on any atom is 0.276 e. The van der Waals surface area contributed by atoms with Gasteiger partial charge < -0.3 is 4.74 Å². The van der Waals surface area contributed by atoms with Crippen LogP contribution in [0.4, 0.5) is 0 Å². The highest BCUT2D eigenvalue weighted by molar-refractivity contribution is 9.10. The number of hydrogen-bond donors (Lipinski definition) is 0. The summed E-state index contributed by atoms with van der Waals surface area (Å²) in [4.78, 5) is 33.6. The lowest BCUT2D eigenvalue weighted by Gasteiger charge is -2.15. The molecule has 0 amide bonds. The normalized spacial score (nSPS) is 10.5. The van der Waals surface area contributed by atoms with E-state index < -0.39 is 5.78 Å². The largest absolute Gasteiger partial charge is 0.470 e. The van der Waals surface area contributed by atoms with Gasteiger partial charge >= 0.3 is 0 Å². The molecule has 6 nitrogen and oxygen atoms in total. The van der Waals surface area contributed by atoms with Gasteiger partial charge in [-0.1, -0.05) is 6.07 Å². The molecule has 0 aliphatic heterocycles. The molecule has 0 fully saturated rings. The van der Waals surface area contributed by atoms with Crippen LogP contribution in [0.25, 0.3) is 5.69 Å². The van der Waals surface area contributed by atoms with Gasteiger partial charge in [-0.3, -0.25) is 14.2 Å². The first-order valence-electron chi connectivity index (χ1n) is 8.26. The number of terminal acetylenes is 1. The second-order valence-electron chi connectivity index (χ2n) is 6.04. The van der Waals surface area contributed by atoms with Gasteiger partial charge in [0.05, 0.1) is 16.4 Å². The van der Waals surface area contributed by atoms with Gasteiger partial charge in [0.25, 0.3) is 5.56 Å². The van der Waals surface area contributed by atoms with E-state index in [-0.39, 0.29) is 22.5 Å². The van der Waals surface area contributed by atoms with Gasteiger partial charge in [0.15, 0.2) is 0 Å². The number of carbonyl (C=O) groups is 1. The Balaban J connectivity index is 2.02. The zero-order valence-electron chi connectivity index (χ0n) is 15.4. The number of halogens is 1. The topological polar surface area (TPSA) is 74.1 Å². The van der Waals surface area contributed by atoms with E-state index in [9.17, 15) is 9.59 Å². The van der Waals surface area contributed by atoms with E-state index in [1.165, 1.54) is 15.9 Å². The summed E-state index contributed by atoms with van der Waals surface area (Å²) in [5.41, 5.74) is 2.11. The third-order valence-electron chi connectivity index (χ3n) is 4.03. The van der Waals surface area contributed by atoms with Crippen molar-refractivity contribution in [1.29, 1.82) is 0 Å². The lowest BCUT2D eigenvalue weighted by molar-refractivity contribution is 0.105. The highest BCUT2D eigenvalue weighted by atomic mass is 79.9. The number of hydrogen-bond acceptors (Lipinski definition) is 6. The Morgan fingerprint density at radius 3 is 2.71 bits per heavy atom. The molecule has 3 rings (SSSR count). The third-order valence-corrected chi connectivity index (χ3v) is 5.53. The molecule has 28 heavy (non-hydrogen) atoms. The molecule has 0 aliphatic rings. The summed E-state index contributed by atoms with van der Waals surface area (Å²) < 4.78 is 7.31. The van der Waals surface area contributed by atoms with Gasteiger partial charge in [-0.25, -0.2) is 4.98 Å². The Kier molecular flexibility index (Phi) is 5.77. The molecule has 0 radical (unpaired) electrons. The maximum absolute atomic E-state index is 13.0. The van der Waals surface area contributed by atoms with Crippen LogP contribution in [0.5, 0.6) is 5.88 Å². The average molecular weight is 458 g/mol. The summed E-state index contributed by atoms with van der Waals surface area (Å²) in [5, 5.41) is 2.84. The average Bonchev–Trinajstić information content (AvgIpc) is 3.09. The number of aromatic nitrogens is 3. The molecule has 0 N–H and O–H groups in total. The summed E-state index contributed by atoms with van der Waals surface area (Å²) in [7, 11) is 0. The Hall–Kier alpha value is -2.76. The number of ether oxygens (including phenoxy) is 1. The highest BCUT2D eigenvalue weighted by Crippen LogP contribution is 2.23. The van der Waals surface area contributed by atoms with E-state index in [4.69, 9.17) is 11.2 Å². The third kappa shape index (κ3) is 3.91. The lowest BCUT2D eigenvalue weighted by Crippen LogP contribution is -2.24. The standard InChI is InChI=1S/C20H16BrN3O3S/c1-5-17(25)14-7-6-11(2)16(8-14)24-12(3)22-19(18(21)20(24)26)27-9-15-10-28-13(4)23-15/h1,6-8,10H,9H2,2-4H3. The van der Waals surface area contributed by atoms with Gasteiger partial charge in [-0.2, -0.15) is 4.98 Å². The molecular weight excluding hydrogens is 442 g/mol. The Bertz CT molecular complexity index is 1170. The minimum atomic E-state index is -0.447. The SMILES string of the molecule is C#CC(=O)c1ccc(C)c(-n2c(C)nc(OCc3csc(C)n3)c(Br)c2=O)c1. The van der Waals surface area contributed by atoms with E-state index in [2.05, 4.69) is 31.8 Å². The van der Waals surface area contributed by atoms with Gasteiger partial charge in [0.2, 0.25) is 11.7 Å². The molecule has 0 aliphatic carbocycles. The van der Waals surface area contributed by atoms with Crippen LogP contribution in [0.3, 0.4) is 0 Å². The minimum absolute atomic E-state index is 0.193. The molecule has 2 heterocycles. The van der Waals surface area contributed by atoms with Crippen molar-refractivity contribution in [2.75, 3.05) is 0 Å². The quantitative estimate of drug-likeness (QED) is 0.331. The van der Waals surface area contributed by atoms with E-state index in [1.807, 2.05) is 19.2 Å². The van der Waals surface area contributed by atoms with Crippen molar-refractivity contribution in [2.24, 2.45) is 0 Å². The zero-order chi connectivity index (χ0) is 20.4. The van der Waals surface area contributed by atoms with Gasteiger partial charge in [0, 0.05) is 10.9 Å². The minimum Gasteiger partial charge on any atom is -0.470 e. The van der Waals surface area contributed by atoms with Gasteiger partial charge in [-0.05, 0) is 60.3 Å². The second kappa shape index (κ2) is 8.09. The Morgan fingerprint density at radius 1 is 1.32 bits per heavy atom. The van der Waals surface area contributed by atoms with Gasteiger partial charge in [0.1, 0.15) is 16.9 Å². The molecule has 2 aromatic heterocycles. The predicted molar refractivity (Wildman–Crippen MR) is 111 cm³/mol. The molecule has 0 atom stereocenters. The van der Waals surface area contributed by atoms with Crippen LogP contribution in [0, 0.1) is 33.1 Å². The molecule has 0 saturated carbocycles. The first kappa shape index (κ1) is 20.0. The number of nitrogens with zero attached hydrogens (tertiary/aromatic N) is 3. The molecule has 0 unspecified atom stereocenters. The molecular formula is C20H16BrN3O3S. The second-order valence-corrected chi connectivity index (χ2v) is 7.90. The van der Waals surface area contributed by atoms with Crippen molar-refractivity contribution in [3.05, 3.63) is 66.1 Å². The van der Waals surface area contributed by atoms with Crippen LogP contribution < -0.4 is 10.3 Å². The monoisotopic (exact) mass is 457 g/mol. The molecule has 8 heteroatoms. The number of Topliss-reactive ketones (excluding diaryl/α,β-unsaturated/α-hetero) is 1. The van der Waals surface area contributed by atoms with Crippen molar-refractivity contribution in [1.82, 2.24) is 14.5 Å². The number of thiazole rings is 1. The molecule has 0 spiro atoms. The first-order chi connectivity index (χ1) is 13.3. The van der Waals surface area contributed by atoms with Crippen molar-refractivity contribution < 1.29 is 9.53 Å². The van der Waals surface area contributed by atoms with E-state index in [0.717, 1.165) is 16.3 Å². The highest BCUT2D eigenvalue weighted by Gasteiger charge is 2.18. The van der Waals surface area contributed by atoms with E-state index >= 15 is 0 Å². The fraction of sp³-hybridized carbons (Fsp3) is 0.200. The molecule has 0 bridgehead atoms. The fourth-order valence-electron chi connectivity index (χ4n) is 2.65. The van der Waals surface area contributed by atoms with Crippen molar-refractivity contribution >= 4 is 33.0 Å². The van der Waals surface area contributed by atoms with Gasteiger partial charge in [-0.15, -0.1) is 17.8 Å². The summed E-state index contributed by atoms with van der Waals surface area (Å²) in [6.45, 7) is 5.66. The van der Waals surface area contributed by atoms with Crippen molar-refractivity contribution in [3.8, 4) is 23.9 Å². The number of aryl methyl sites for hydroxylation is 3. The van der Waals surface area contributed by atoms with E-state index in [0.29, 0.717) is 17.1 Å². The van der Waals surface area contributed by atoms with Crippen LogP contribution in [0.2, 0.25) is 0 Å². The molecule has 0 saturated heterocycles. The number of rotatable bonds is 5. The summed E-state index contributed by atoms with van der Waals surface area (Å²) in [5.74, 6) is 2.25. The maximum atomic E-state index is 13.0. The lowest BCUT2D eigenvalue weighted by atomic mass is 10.1. The van der Waals surface area contributed by atoms with Crippen molar-refractivity contribution in [3.63, 3.8) is 0 Å². The Labute approximate surface area is 174 Å². The number of carbonyl (C=O) groups excluding carboxylic acids is 1. The Morgan fingerprint density at radius 2 is 2.07 bits per heavy atom. The fourth-order valence-corrected chi connectivity index (χ4v) is 3.63. The zero-order valence-corrected chi connectivity index (χ0v) is 17.8. The van der Waals surface area contributed by atoms with Crippen LogP contribution in [0.15, 0.2) is 32.8 Å². The summed E-state index contributed by atoms with van der Waals surface area (Å²) in [6.07, 6.45) is 5.21. The van der Waals surface area contributed by atoms with E-state index in [1.54, 1.807) is 25.1 Å². The van der Waals surface area contributed by atoms with Crippen molar-refractivity contribution in [2.45, 2.75) is 27.4 Å². The van der Waals surface area contributed by atoms with Crippen LogP contribution in [-0.2, 0) is 6.61 Å². The summed E-state index contributed by atoms with van der Waals surface area (Å²) in [6, 6.07) is 4.98. The molecule has 142 valence electrons. The van der Waals surface area contributed by atoms with Crippen LogP contribution >= 0.6 is 27.3 Å². The summed E-state index contributed by atoms with van der Waals surface area (Å²) >= 11 is 4.82. The first-order valence-corrected chi connectivity index (χ1v) is 9.94. The molecule has 1 aromatic carbocycles. The predicted octanol–water partition coefficient (Wildman–Crippen LogP) is 3.77. The number of benzene rings is 1. The van der Waals surface area contributed by atoms with Crippen LogP contribution in [-0.4, -0.2) is 20.3 Å². The smallest absolute Gasteiger partial charge is 0.276 e. The van der Waals surface area contributed by atoms with Crippen LogP contribution in [0.1, 0.15) is 32.4 Å². The number of ketones is 1.